The molecule has 132 valence electrons. The number of piperidine rings is 1. The predicted octanol–water partition coefficient (Wildman–Crippen LogP) is 2.34. The zero-order chi connectivity index (χ0) is 17.3. The van der Waals surface area contributed by atoms with Gasteiger partial charge in [0.05, 0.1) is 25.9 Å². The van der Waals surface area contributed by atoms with E-state index in [0.29, 0.717) is 31.8 Å². The molecule has 0 radical (unpaired) electrons. The fourth-order valence-electron chi connectivity index (χ4n) is 4.23. The molecule has 0 spiro atoms. The van der Waals surface area contributed by atoms with Gasteiger partial charge in [-0.25, -0.2) is 0 Å². The predicted molar refractivity (Wildman–Crippen MR) is 94.3 cm³/mol. The van der Waals surface area contributed by atoms with E-state index in [0.717, 1.165) is 12.1 Å². The van der Waals surface area contributed by atoms with Gasteiger partial charge in [0.25, 0.3) is 0 Å². The van der Waals surface area contributed by atoms with Crippen LogP contribution in [0, 0.1) is 0 Å². The molecular formula is C20H24N2O3. The molecule has 0 amide bonds. The molecule has 2 aromatic rings. The fraction of sp³-hybridized carbons (Fsp3) is 0.450. The molecule has 2 atom stereocenters. The first-order chi connectivity index (χ1) is 12.2. The molecule has 3 heterocycles. The summed E-state index contributed by atoms with van der Waals surface area (Å²) in [6.45, 7) is 2.18. The molecule has 0 aliphatic carbocycles. The highest BCUT2D eigenvalue weighted by atomic mass is 16.5. The lowest BCUT2D eigenvalue weighted by molar-refractivity contribution is -0.150. The molecule has 4 rings (SSSR count). The van der Waals surface area contributed by atoms with Gasteiger partial charge in [-0.3, -0.25) is 9.88 Å². The number of pyridine rings is 1. The Hall–Kier alpha value is -1.95. The maximum Gasteiger partial charge on any atom is 0.128 e. The molecule has 2 aliphatic rings. The third kappa shape index (κ3) is 3.15. The van der Waals surface area contributed by atoms with E-state index in [1.807, 2.05) is 12.1 Å². The molecule has 2 aliphatic heterocycles. The molecule has 1 aromatic carbocycles. The SMILES string of the molecule is COc1ccncc1C1(O)CC2COCC(C1)N2Cc1ccccc1. The highest BCUT2D eigenvalue weighted by molar-refractivity contribution is 5.36. The van der Waals surface area contributed by atoms with E-state index < -0.39 is 5.60 Å². The molecule has 2 unspecified atom stereocenters. The summed E-state index contributed by atoms with van der Waals surface area (Å²) in [5.74, 6) is 0.702. The Morgan fingerprint density at radius 3 is 2.60 bits per heavy atom. The Balaban J connectivity index is 1.60. The van der Waals surface area contributed by atoms with Crippen LogP contribution in [0.15, 0.2) is 48.8 Å². The second-order valence-corrected chi connectivity index (χ2v) is 7.02. The lowest BCUT2D eigenvalue weighted by Crippen LogP contribution is -2.60. The van der Waals surface area contributed by atoms with Crippen molar-refractivity contribution < 1.29 is 14.6 Å². The highest BCUT2D eigenvalue weighted by Crippen LogP contribution is 2.44. The van der Waals surface area contributed by atoms with E-state index in [-0.39, 0.29) is 12.1 Å². The topological polar surface area (TPSA) is 54.8 Å². The zero-order valence-corrected chi connectivity index (χ0v) is 14.5. The number of hydrogen-bond acceptors (Lipinski definition) is 5. The lowest BCUT2D eigenvalue weighted by atomic mass is 9.77. The molecule has 1 aromatic heterocycles. The summed E-state index contributed by atoms with van der Waals surface area (Å²) >= 11 is 0. The first-order valence-electron chi connectivity index (χ1n) is 8.78. The Morgan fingerprint density at radius 2 is 1.92 bits per heavy atom. The van der Waals surface area contributed by atoms with Crippen molar-refractivity contribution in [2.24, 2.45) is 0 Å². The maximum absolute atomic E-state index is 11.4. The second-order valence-electron chi connectivity index (χ2n) is 7.02. The Labute approximate surface area is 148 Å². The molecule has 1 N–H and O–H groups in total. The van der Waals surface area contributed by atoms with Crippen molar-refractivity contribution in [3.63, 3.8) is 0 Å². The van der Waals surface area contributed by atoms with Gasteiger partial charge in [0.2, 0.25) is 0 Å². The quantitative estimate of drug-likeness (QED) is 0.926. The lowest BCUT2D eigenvalue weighted by Gasteiger charge is -2.51. The number of nitrogens with zero attached hydrogens (tertiary/aromatic N) is 2. The second kappa shape index (κ2) is 6.75. The first-order valence-corrected chi connectivity index (χ1v) is 8.78. The molecule has 0 saturated carbocycles. The summed E-state index contributed by atoms with van der Waals surface area (Å²) in [5.41, 5.74) is 1.16. The number of morpholine rings is 1. The fourth-order valence-corrected chi connectivity index (χ4v) is 4.23. The standard InChI is InChI=1S/C20H24N2O3/c1-24-19-7-8-21-11-18(19)20(23)9-16-13-25-14-17(10-20)22(16)12-15-5-3-2-4-6-15/h2-8,11,16-17,23H,9-10,12-14H2,1H3. The number of ether oxygens (including phenoxy) is 2. The molecule has 2 bridgehead atoms. The van der Waals surface area contributed by atoms with Crippen LogP contribution in [-0.4, -0.2) is 47.4 Å². The van der Waals surface area contributed by atoms with Crippen molar-refractivity contribution in [2.75, 3.05) is 20.3 Å². The third-order valence-electron chi connectivity index (χ3n) is 5.42. The Bertz CT molecular complexity index is 708. The number of rotatable bonds is 4. The van der Waals surface area contributed by atoms with E-state index in [1.165, 1.54) is 5.56 Å². The number of aromatic nitrogens is 1. The van der Waals surface area contributed by atoms with Gasteiger partial charge in [0, 0.05) is 36.6 Å². The minimum Gasteiger partial charge on any atom is -0.496 e. The van der Waals surface area contributed by atoms with Gasteiger partial charge in [-0.1, -0.05) is 30.3 Å². The third-order valence-corrected chi connectivity index (χ3v) is 5.42. The molecule has 2 saturated heterocycles. The van der Waals surface area contributed by atoms with Crippen LogP contribution in [0.2, 0.25) is 0 Å². The van der Waals surface area contributed by atoms with Crippen molar-refractivity contribution in [3.8, 4) is 5.75 Å². The summed E-state index contributed by atoms with van der Waals surface area (Å²) < 4.78 is 11.3. The van der Waals surface area contributed by atoms with Crippen LogP contribution in [-0.2, 0) is 16.9 Å². The molecule has 2 fully saturated rings. The normalized spacial score (nSPS) is 29.4. The van der Waals surface area contributed by atoms with Gasteiger partial charge in [-0.15, -0.1) is 0 Å². The van der Waals surface area contributed by atoms with Crippen LogP contribution < -0.4 is 4.74 Å². The first kappa shape index (κ1) is 16.5. The van der Waals surface area contributed by atoms with Crippen LogP contribution in [0.3, 0.4) is 0 Å². The average Bonchev–Trinajstić information content (AvgIpc) is 2.63. The highest BCUT2D eigenvalue weighted by Gasteiger charge is 2.48. The van der Waals surface area contributed by atoms with Crippen molar-refractivity contribution in [2.45, 2.75) is 37.1 Å². The van der Waals surface area contributed by atoms with Crippen LogP contribution in [0.5, 0.6) is 5.75 Å². The molecule has 5 nitrogen and oxygen atoms in total. The van der Waals surface area contributed by atoms with Gasteiger partial charge >= 0.3 is 0 Å². The van der Waals surface area contributed by atoms with Crippen molar-refractivity contribution in [1.82, 2.24) is 9.88 Å². The van der Waals surface area contributed by atoms with E-state index >= 15 is 0 Å². The molecule has 5 heteroatoms. The van der Waals surface area contributed by atoms with Crippen molar-refractivity contribution in [1.29, 1.82) is 0 Å². The number of fused-ring (bicyclic) bond motifs is 2. The summed E-state index contributed by atoms with van der Waals surface area (Å²) in [6, 6.07) is 12.7. The van der Waals surface area contributed by atoms with Gasteiger partial charge in [-0.05, 0) is 24.5 Å². The van der Waals surface area contributed by atoms with Crippen LogP contribution in [0.25, 0.3) is 0 Å². The van der Waals surface area contributed by atoms with E-state index in [9.17, 15) is 5.11 Å². The van der Waals surface area contributed by atoms with E-state index in [4.69, 9.17) is 9.47 Å². The number of aliphatic hydroxyl groups is 1. The monoisotopic (exact) mass is 340 g/mol. The molecule has 25 heavy (non-hydrogen) atoms. The number of benzene rings is 1. The number of methoxy groups -OCH3 is 1. The van der Waals surface area contributed by atoms with Gasteiger partial charge in [-0.2, -0.15) is 0 Å². The van der Waals surface area contributed by atoms with Crippen LogP contribution >= 0.6 is 0 Å². The average molecular weight is 340 g/mol. The summed E-state index contributed by atoms with van der Waals surface area (Å²) in [5, 5.41) is 11.4. The van der Waals surface area contributed by atoms with Gasteiger partial charge in [0.1, 0.15) is 5.75 Å². The Morgan fingerprint density at radius 1 is 1.20 bits per heavy atom. The Kier molecular flexibility index (Phi) is 4.46. The largest absolute Gasteiger partial charge is 0.496 e. The summed E-state index contributed by atoms with van der Waals surface area (Å²) in [7, 11) is 1.64. The summed E-state index contributed by atoms with van der Waals surface area (Å²) in [6.07, 6.45) is 4.68. The zero-order valence-electron chi connectivity index (χ0n) is 14.5. The number of hydrogen-bond donors (Lipinski definition) is 1. The van der Waals surface area contributed by atoms with Crippen molar-refractivity contribution >= 4 is 0 Å². The van der Waals surface area contributed by atoms with E-state index in [1.54, 1.807) is 19.5 Å². The van der Waals surface area contributed by atoms with Crippen molar-refractivity contribution in [3.05, 3.63) is 59.9 Å². The van der Waals surface area contributed by atoms with Gasteiger partial charge in [0.15, 0.2) is 0 Å². The minimum atomic E-state index is -0.925. The smallest absolute Gasteiger partial charge is 0.128 e. The summed E-state index contributed by atoms with van der Waals surface area (Å²) in [4.78, 5) is 6.69. The van der Waals surface area contributed by atoms with Gasteiger partial charge < -0.3 is 14.6 Å². The van der Waals surface area contributed by atoms with E-state index in [2.05, 4.69) is 34.1 Å². The van der Waals surface area contributed by atoms with Crippen LogP contribution in [0.4, 0.5) is 0 Å². The molecular weight excluding hydrogens is 316 g/mol. The minimum absolute atomic E-state index is 0.183. The van der Waals surface area contributed by atoms with Crippen LogP contribution in [0.1, 0.15) is 24.0 Å². The maximum atomic E-state index is 11.4.